The second kappa shape index (κ2) is 12.2. The molecule has 0 amide bonds. The SMILES string of the molecule is C=C(N)CNCc1nc2ccc(Cc3cccc(F)c3F)cc2n1CCOCC.CC. The lowest BCUT2D eigenvalue weighted by Gasteiger charge is -2.11. The van der Waals surface area contributed by atoms with E-state index >= 15 is 0 Å². The number of rotatable bonds is 10. The molecule has 1 heterocycles. The van der Waals surface area contributed by atoms with Crippen LogP contribution in [0.5, 0.6) is 0 Å². The number of ether oxygens (including phenoxy) is 1. The van der Waals surface area contributed by atoms with Crippen LogP contribution in [0.1, 0.15) is 37.7 Å². The molecule has 0 atom stereocenters. The quantitative estimate of drug-likeness (QED) is 0.464. The average molecular weight is 431 g/mol. The van der Waals surface area contributed by atoms with Crippen molar-refractivity contribution in [3.05, 3.63) is 77.3 Å². The van der Waals surface area contributed by atoms with E-state index in [2.05, 4.69) is 16.5 Å². The zero-order chi connectivity index (χ0) is 22.8. The summed E-state index contributed by atoms with van der Waals surface area (Å²) in [5.41, 5.74) is 9.16. The highest BCUT2D eigenvalue weighted by Gasteiger charge is 2.13. The van der Waals surface area contributed by atoms with Crippen LogP contribution in [0.4, 0.5) is 8.78 Å². The smallest absolute Gasteiger partial charge is 0.162 e. The Bertz CT molecular complexity index is 1000. The molecule has 0 aliphatic rings. The summed E-state index contributed by atoms with van der Waals surface area (Å²) in [6, 6.07) is 10.0. The lowest BCUT2D eigenvalue weighted by molar-refractivity contribution is 0.139. The van der Waals surface area contributed by atoms with Gasteiger partial charge in [0.15, 0.2) is 11.6 Å². The van der Waals surface area contributed by atoms with Gasteiger partial charge < -0.3 is 20.4 Å². The molecular formula is C24H32F2N4O. The molecule has 31 heavy (non-hydrogen) atoms. The summed E-state index contributed by atoms with van der Waals surface area (Å²) in [7, 11) is 0. The van der Waals surface area contributed by atoms with E-state index in [4.69, 9.17) is 15.5 Å². The van der Waals surface area contributed by atoms with Crippen molar-refractivity contribution < 1.29 is 13.5 Å². The van der Waals surface area contributed by atoms with Crippen LogP contribution in [0, 0.1) is 11.6 Å². The van der Waals surface area contributed by atoms with Crippen LogP contribution in [-0.4, -0.2) is 29.3 Å². The van der Waals surface area contributed by atoms with E-state index in [0.29, 0.717) is 50.5 Å². The molecule has 0 saturated heterocycles. The zero-order valence-corrected chi connectivity index (χ0v) is 18.5. The third-order valence-electron chi connectivity index (χ3n) is 4.62. The number of nitrogens with zero attached hydrogens (tertiary/aromatic N) is 2. The first-order chi connectivity index (χ1) is 15.0. The minimum absolute atomic E-state index is 0.302. The molecular weight excluding hydrogens is 398 g/mol. The van der Waals surface area contributed by atoms with Gasteiger partial charge in [0.05, 0.1) is 24.2 Å². The monoisotopic (exact) mass is 430 g/mol. The topological polar surface area (TPSA) is 65.1 Å². The molecule has 3 rings (SSSR count). The number of hydrogen-bond donors (Lipinski definition) is 2. The molecule has 3 N–H and O–H groups in total. The molecule has 0 aliphatic heterocycles. The highest BCUT2D eigenvalue weighted by atomic mass is 19.2. The number of halogens is 2. The van der Waals surface area contributed by atoms with Crippen molar-refractivity contribution in [2.45, 2.75) is 40.3 Å². The lowest BCUT2D eigenvalue weighted by Crippen LogP contribution is -2.22. The van der Waals surface area contributed by atoms with Crippen molar-refractivity contribution in [2.75, 3.05) is 19.8 Å². The van der Waals surface area contributed by atoms with Gasteiger partial charge in [-0.3, -0.25) is 0 Å². The number of fused-ring (bicyclic) bond motifs is 1. The molecule has 7 heteroatoms. The maximum Gasteiger partial charge on any atom is 0.162 e. The van der Waals surface area contributed by atoms with Gasteiger partial charge in [-0.25, -0.2) is 13.8 Å². The number of hydrogen-bond acceptors (Lipinski definition) is 4. The fourth-order valence-corrected chi connectivity index (χ4v) is 3.25. The molecule has 0 unspecified atom stereocenters. The van der Waals surface area contributed by atoms with E-state index < -0.39 is 11.6 Å². The second-order valence-corrected chi connectivity index (χ2v) is 6.85. The van der Waals surface area contributed by atoms with Gasteiger partial charge >= 0.3 is 0 Å². The molecule has 1 aromatic heterocycles. The Hall–Kier alpha value is -2.77. The van der Waals surface area contributed by atoms with Crippen LogP contribution < -0.4 is 11.1 Å². The van der Waals surface area contributed by atoms with Gasteiger partial charge in [0.1, 0.15) is 5.82 Å². The highest BCUT2D eigenvalue weighted by Crippen LogP contribution is 2.22. The number of nitrogens with one attached hydrogen (secondary N) is 1. The summed E-state index contributed by atoms with van der Waals surface area (Å²) in [4.78, 5) is 4.71. The van der Waals surface area contributed by atoms with Crippen molar-refractivity contribution in [2.24, 2.45) is 5.73 Å². The molecule has 3 aromatic rings. The molecule has 5 nitrogen and oxygen atoms in total. The fourth-order valence-electron chi connectivity index (χ4n) is 3.25. The fraction of sp³-hybridized carbons (Fsp3) is 0.375. The number of imidazole rings is 1. The van der Waals surface area contributed by atoms with Gasteiger partial charge in [0, 0.05) is 31.8 Å². The van der Waals surface area contributed by atoms with E-state index in [1.807, 2.05) is 39.0 Å². The molecule has 168 valence electrons. The summed E-state index contributed by atoms with van der Waals surface area (Å²) in [6.07, 6.45) is 0.302. The predicted octanol–water partition coefficient (Wildman–Crippen LogP) is 4.53. The summed E-state index contributed by atoms with van der Waals surface area (Å²) < 4.78 is 35.2. The Balaban J connectivity index is 0.00000166. The maximum atomic E-state index is 14.1. The molecule has 0 spiro atoms. The molecule has 0 radical (unpaired) electrons. The Morgan fingerprint density at radius 2 is 2.00 bits per heavy atom. The molecule has 0 saturated carbocycles. The van der Waals surface area contributed by atoms with Crippen LogP contribution >= 0.6 is 0 Å². The van der Waals surface area contributed by atoms with E-state index in [1.165, 1.54) is 6.07 Å². The first-order valence-corrected chi connectivity index (χ1v) is 10.6. The van der Waals surface area contributed by atoms with Gasteiger partial charge in [0.25, 0.3) is 0 Å². The van der Waals surface area contributed by atoms with Gasteiger partial charge in [0.2, 0.25) is 0 Å². The highest BCUT2D eigenvalue weighted by molar-refractivity contribution is 5.77. The molecule has 2 aromatic carbocycles. The second-order valence-electron chi connectivity index (χ2n) is 6.85. The summed E-state index contributed by atoms with van der Waals surface area (Å²) >= 11 is 0. The first kappa shape index (κ1) is 24.5. The molecule has 0 bridgehead atoms. The van der Waals surface area contributed by atoms with Crippen molar-refractivity contribution in [3.8, 4) is 0 Å². The minimum Gasteiger partial charge on any atom is -0.401 e. The van der Waals surface area contributed by atoms with Gasteiger partial charge in [-0.05, 0) is 36.2 Å². The molecule has 0 fully saturated rings. The van der Waals surface area contributed by atoms with Crippen LogP contribution in [0.3, 0.4) is 0 Å². The number of nitrogens with two attached hydrogens (primary N) is 1. The summed E-state index contributed by atoms with van der Waals surface area (Å²) in [5, 5.41) is 3.22. The van der Waals surface area contributed by atoms with Crippen LogP contribution in [-0.2, 0) is 24.2 Å². The third-order valence-corrected chi connectivity index (χ3v) is 4.62. The van der Waals surface area contributed by atoms with Crippen molar-refractivity contribution in [1.29, 1.82) is 0 Å². The maximum absolute atomic E-state index is 14.1. The van der Waals surface area contributed by atoms with E-state index in [1.54, 1.807) is 6.07 Å². The van der Waals surface area contributed by atoms with Crippen LogP contribution in [0.25, 0.3) is 11.0 Å². The van der Waals surface area contributed by atoms with Crippen molar-refractivity contribution >= 4 is 11.0 Å². The van der Waals surface area contributed by atoms with Gasteiger partial charge in [-0.15, -0.1) is 0 Å². The van der Waals surface area contributed by atoms with Crippen LogP contribution in [0.15, 0.2) is 48.7 Å². The normalized spacial score (nSPS) is 10.7. The van der Waals surface area contributed by atoms with Gasteiger partial charge in [-0.2, -0.15) is 0 Å². The van der Waals surface area contributed by atoms with E-state index in [0.717, 1.165) is 28.5 Å². The Morgan fingerprint density at radius 3 is 2.71 bits per heavy atom. The van der Waals surface area contributed by atoms with E-state index in [9.17, 15) is 8.78 Å². The Labute approximate surface area is 182 Å². The van der Waals surface area contributed by atoms with E-state index in [-0.39, 0.29) is 0 Å². The standard InChI is InChI=1S/C22H26F2N4O.C2H6/c1-3-29-10-9-28-20-12-16(11-17-5-4-6-18(23)22(17)24)7-8-19(20)27-21(28)14-26-13-15(2)25;1-2/h4-8,12,26H,2-3,9-11,13-14,25H2,1H3;1-2H3. The first-order valence-electron chi connectivity index (χ1n) is 10.6. The minimum atomic E-state index is -0.833. The average Bonchev–Trinajstić information content (AvgIpc) is 3.10. The predicted molar refractivity (Wildman–Crippen MR) is 122 cm³/mol. The lowest BCUT2D eigenvalue weighted by atomic mass is 10.0. The van der Waals surface area contributed by atoms with Crippen LogP contribution in [0.2, 0.25) is 0 Å². The van der Waals surface area contributed by atoms with Crippen molar-refractivity contribution in [3.63, 3.8) is 0 Å². The molecule has 0 aliphatic carbocycles. The number of aromatic nitrogens is 2. The summed E-state index contributed by atoms with van der Waals surface area (Å²) in [5.74, 6) is -0.778. The van der Waals surface area contributed by atoms with Gasteiger partial charge in [-0.1, -0.05) is 38.6 Å². The third kappa shape index (κ3) is 6.60. The largest absolute Gasteiger partial charge is 0.401 e. The Morgan fingerprint density at radius 1 is 1.23 bits per heavy atom. The van der Waals surface area contributed by atoms with Crippen molar-refractivity contribution in [1.82, 2.24) is 14.9 Å². The Kier molecular flexibility index (Phi) is 9.62. The zero-order valence-electron chi connectivity index (χ0n) is 18.5. The number of benzene rings is 2. The summed E-state index contributed by atoms with van der Waals surface area (Å²) in [6.45, 7) is 12.5.